The molecule has 4 nitrogen and oxygen atoms in total. The lowest BCUT2D eigenvalue weighted by Crippen LogP contribution is -2.33. The van der Waals surface area contributed by atoms with Gasteiger partial charge in [0.25, 0.3) is 0 Å². The fourth-order valence-electron chi connectivity index (χ4n) is 3.87. The van der Waals surface area contributed by atoms with Crippen molar-refractivity contribution < 1.29 is 5.11 Å². The number of piperidine rings is 1. The van der Waals surface area contributed by atoms with E-state index in [-0.39, 0.29) is 0 Å². The van der Waals surface area contributed by atoms with Crippen LogP contribution >= 0.6 is 0 Å². The number of aromatic nitrogens is 2. The second-order valence-corrected chi connectivity index (χ2v) is 7.82. The van der Waals surface area contributed by atoms with Crippen molar-refractivity contribution in [1.29, 1.82) is 0 Å². The van der Waals surface area contributed by atoms with Crippen molar-refractivity contribution >= 4 is 16.7 Å². The Hall–Kier alpha value is -2.46. The molecule has 2 heterocycles. The van der Waals surface area contributed by atoms with Gasteiger partial charge in [-0.25, -0.2) is 9.97 Å². The third-order valence-corrected chi connectivity index (χ3v) is 5.57. The van der Waals surface area contributed by atoms with Gasteiger partial charge in [-0.1, -0.05) is 37.3 Å². The van der Waals surface area contributed by atoms with Crippen molar-refractivity contribution in [3.05, 3.63) is 53.6 Å². The summed E-state index contributed by atoms with van der Waals surface area (Å²) >= 11 is 0. The lowest BCUT2D eigenvalue weighted by molar-refractivity contribution is 0.200. The van der Waals surface area contributed by atoms with Gasteiger partial charge in [-0.05, 0) is 55.9 Å². The van der Waals surface area contributed by atoms with Crippen LogP contribution in [0.1, 0.15) is 43.9 Å². The Balaban J connectivity index is 1.90. The molecule has 3 aromatic rings. The van der Waals surface area contributed by atoms with Crippen LogP contribution in [0.25, 0.3) is 22.3 Å². The standard InChI is InChI=1S/C23H27N3O/c1-15-10-12-26(13-11-15)23-20-9-8-16(2)14-21(20)24-22(25-23)19-7-5-4-6-18(19)17(3)27/h4-9,14-15,17,27H,10-13H2,1-3H3. The minimum atomic E-state index is -0.558. The van der Waals surface area contributed by atoms with Crippen molar-refractivity contribution in [1.82, 2.24) is 9.97 Å². The summed E-state index contributed by atoms with van der Waals surface area (Å²) in [7, 11) is 0. The molecule has 0 spiro atoms. The fourth-order valence-corrected chi connectivity index (χ4v) is 3.87. The summed E-state index contributed by atoms with van der Waals surface area (Å²) in [6, 6.07) is 14.3. The van der Waals surface area contributed by atoms with E-state index in [0.717, 1.165) is 46.9 Å². The van der Waals surface area contributed by atoms with E-state index in [1.807, 2.05) is 24.3 Å². The van der Waals surface area contributed by atoms with Crippen LogP contribution in [0.3, 0.4) is 0 Å². The minimum Gasteiger partial charge on any atom is -0.389 e. The van der Waals surface area contributed by atoms with Gasteiger partial charge < -0.3 is 10.0 Å². The van der Waals surface area contributed by atoms with Crippen LogP contribution < -0.4 is 4.90 Å². The average molecular weight is 361 g/mol. The predicted molar refractivity (Wildman–Crippen MR) is 111 cm³/mol. The minimum absolute atomic E-state index is 0.558. The number of aryl methyl sites for hydroxylation is 1. The fraction of sp³-hybridized carbons (Fsp3) is 0.391. The Morgan fingerprint density at radius 3 is 2.56 bits per heavy atom. The van der Waals surface area contributed by atoms with E-state index >= 15 is 0 Å². The van der Waals surface area contributed by atoms with E-state index in [0.29, 0.717) is 5.82 Å². The number of fused-ring (bicyclic) bond motifs is 1. The average Bonchev–Trinajstić information content (AvgIpc) is 2.67. The van der Waals surface area contributed by atoms with E-state index in [1.165, 1.54) is 18.4 Å². The van der Waals surface area contributed by atoms with Gasteiger partial charge in [-0.15, -0.1) is 0 Å². The SMILES string of the molecule is Cc1ccc2c(N3CCC(C)CC3)nc(-c3ccccc3C(C)O)nc2c1. The molecule has 27 heavy (non-hydrogen) atoms. The molecule has 0 bridgehead atoms. The van der Waals surface area contributed by atoms with Crippen LogP contribution in [0.4, 0.5) is 5.82 Å². The normalized spacial score (nSPS) is 16.7. The van der Waals surface area contributed by atoms with Crippen LogP contribution in [0.2, 0.25) is 0 Å². The van der Waals surface area contributed by atoms with E-state index in [4.69, 9.17) is 9.97 Å². The number of hydrogen-bond acceptors (Lipinski definition) is 4. The van der Waals surface area contributed by atoms with E-state index in [1.54, 1.807) is 6.92 Å². The third-order valence-electron chi connectivity index (χ3n) is 5.57. The molecule has 1 aromatic heterocycles. The van der Waals surface area contributed by atoms with Gasteiger partial charge >= 0.3 is 0 Å². The molecule has 1 aliphatic rings. The lowest BCUT2D eigenvalue weighted by Gasteiger charge is -2.32. The molecule has 1 aliphatic heterocycles. The first-order valence-electron chi connectivity index (χ1n) is 9.83. The van der Waals surface area contributed by atoms with E-state index in [9.17, 15) is 5.11 Å². The Morgan fingerprint density at radius 2 is 1.81 bits per heavy atom. The summed E-state index contributed by atoms with van der Waals surface area (Å²) in [6.45, 7) is 8.25. The van der Waals surface area contributed by atoms with Crippen LogP contribution in [-0.4, -0.2) is 28.2 Å². The zero-order valence-electron chi connectivity index (χ0n) is 16.3. The molecule has 140 valence electrons. The summed E-state index contributed by atoms with van der Waals surface area (Å²) in [6.07, 6.45) is 1.82. The van der Waals surface area contributed by atoms with Gasteiger partial charge in [0.15, 0.2) is 5.82 Å². The van der Waals surface area contributed by atoms with Crippen LogP contribution in [0.5, 0.6) is 0 Å². The summed E-state index contributed by atoms with van der Waals surface area (Å²) in [5, 5.41) is 11.3. The molecule has 0 aliphatic carbocycles. The third kappa shape index (κ3) is 3.54. The number of aliphatic hydroxyl groups is 1. The highest BCUT2D eigenvalue weighted by atomic mass is 16.3. The molecule has 0 saturated carbocycles. The van der Waals surface area contributed by atoms with E-state index in [2.05, 4.69) is 36.9 Å². The van der Waals surface area contributed by atoms with E-state index < -0.39 is 6.10 Å². The molecule has 1 saturated heterocycles. The van der Waals surface area contributed by atoms with Crippen LogP contribution in [-0.2, 0) is 0 Å². The molecule has 0 radical (unpaired) electrons. The number of nitrogens with zero attached hydrogens (tertiary/aromatic N) is 3. The summed E-state index contributed by atoms with van der Waals surface area (Å²) in [5.41, 5.74) is 3.92. The molecule has 1 unspecified atom stereocenters. The molecule has 1 atom stereocenters. The lowest BCUT2D eigenvalue weighted by atomic mass is 9.98. The number of rotatable bonds is 3. The van der Waals surface area contributed by atoms with Crippen molar-refractivity contribution in [3.63, 3.8) is 0 Å². The Bertz CT molecular complexity index is 959. The number of hydrogen-bond donors (Lipinski definition) is 1. The highest BCUT2D eigenvalue weighted by Gasteiger charge is 2.21. The molecule has 1 fully saturated rings. The molecule has 4 rings (SSSR count). The molecule has 4 heteroatoms. The summed E-state index contributed by atoms with van der Waals surface area (Å²) < 4.78 is 0. The molecular formula is C23H27N3O. The van der Waals surface area contributed by atoms with Gasteiger partial charge in [0, 0.05) is 24.0 Å². The first kappa shape index (κ1) is 17.9. The van der Waals surface area contributed by atoms with Gasteiger partial charge in [-0.2, -0.15) is 0 Å². The van der Waals surface area contributed by atoms with Crippen molar-refractivity contribution in [2.75, 3.05) is 18.0 Å². The second-order valence-electron chi connectivity index (χ2n) is 7.82. The Kier molecular flexibility index (Phi) is 4.83. The zero-order valence-corrected chi connectivity index (χ0v) is 16.3. The highest BCUT2D eigenvalue weighted by Crippen LogP contribution is 2.33. The Morgan fingerprint density at radius 1 is 1.07 bits per heavy atom. The van der Waals surface area contributed by atoms with Gasteiger partial charge in [0.2, 0.25) is 0 Å². The van der Waals surface area contributed by atoms with Crippen molar-refractivity contribution in [3.8, 4) is 11.4 Å². The number of benzene rings is 2. The highest BCUT2D eigenvalue weighted by molar-refractivity contribution is 5.91. The molecular weight excluding hydrogens is 334 g/mol. The van der Waals surface area contributed by atoms with Gasteiger partial charge in [0.1, 0.15) is 5.82 Å². The summed E-state index contributed by atoms with van der Waals surface area (Å²) in [5.74, 6) is 2.48. The molecule has 0 amide bonds. The summed E-state index contributed by atoms with van der Waals surface area (Å²) in [4.78, 5) is 12.3. The first-order chi connectivity index (χ1) is 13.0. The van der Waals surface area contributed by atoms with Gasteiger partial charge in [0.05, 0.1) is 11.6 Å². The number of anilines is 1. The largest absolute Gasteiger partial charge is 0.389 e. The zero-order chi connectivity index (χ0) is 19.0. The quantitative estimate of drug-likeness (QED) is 0.721. The number of aliphatic hydroxyl groups excluding tert-OH is 1. The maximum absolute atomic E-state index is 10.2. The van der Waals surface area contributed by atoms with Crippen molar-refractivity contribution in [2.24, 2.45) is 5.92 Å². The topological polar surface area (TPSA) is 49.2 Å². The second kappa shape index (κ2) is 7.28. The monoisotopic (exact) mass is 361 g/mol. The maximum Gasteiger partial charge on any atom is 0.162 e. The maximum atomic E-state index is 10.2. The smallest absolute Gasteiger partial charge is 0.162 e. The molecule has 1 N–H and O–H groups in total. The predicted octanol–water partition coefficient (Wildman–Crippen LogP) is 4.89. The van der Waals surface area contributed by atoms with Crippen molar-refractivity contribution in [2.45, 2.75) is 39.7 Å². The van der Waals surface area contributed by atoms with Crippen LogP contribution in [0, 0.1) is 12.8 Å². The van der Waals surface area contributed by atoms with Gasteiger partial charge in [-0.3, -0.25) is 0 Å². The Labute approximate surface area is 160 Å². The first-order valence-corrected chi connectivity index (χ1v) is 9.83. The molecule has 2 aromatic carbocycles. The van der Waals surface area contributed by atoms with Crippen LogP contribution in [0.15, 0.2) is 42.5 Å².